The maximum Gasteiger partial charge on any atom is 0.341 e. The summed E-state index contributed by atoms with van der Waals surface area (Å²) in [5.41, 5.74) is 3.99. The van der Waals surface area contributed by atoms with Gasteiger partial charge in [-0.25, -0.2) is 9.79 Å². The standard InChI is InChI=1S/C29H31N5O4S2/c1-5-38-28(37)25-21-12-11-17(2)13-23(21)40-26(25)31-24(35)16-39-29-30-22(14-19-15-33(4)32-18(19)3)27(36)34(29)20-9-7-6-8-10-20/h6-10,14-15,17H,5,11-13,16H2,1-4H3,(H,31,35)/b22-14+. The van der Waals surface area contributed by atoms with Crippen molar-refractivity contribution < 1.29 is 19.1 Å². The van der Waals surface area contributed by atoms with Gasteiger partial charge in [0, 0.05) is 23.7 Å². The number of carbonyl (C=O) groups is 3. The molecule has 0 spiro atoms. The second-order valence-electron chi connectivity index (χ2n) is 9.86. The molecule has 3 heterocycles. The van der Waals surface area contributed by atoms with Crippen LogP contribution in [0.5, 0.6) is 0 Å². The van der Waals surface area contributed by atoms with Gasteiger partial charge in [0.15, 0.2) is 5.17 Å². The minimum Gasteiger partial charge on any atom is -0.462 e. The molecule has 0 fully saturated rings. The summed E-state index contributed by atoms with van der Waals surface area (Å²) in [6, 6.07) is 9.23. The van der Waals surface area contributed by atoms with Gasteiger partial charge in [-0.3, -0.25) is 19.2 Å². The number of aliphatic imine (C=N–C) groups is 1. The number of hydrogen-bond donors (Lipinski definition) is 1. The molecule has 1 atom stereocenters. The summed E-state index contributed by atoms with van der Waals surface area (Å²) in [6.07, 6.45) is 6.23. The zero-order chi connectivity index (χ0) is 28.4. The maximum absolute atomic E-state index is 13.4. The zero-order valence-electron chi connectivity index (χ0n) is 22.9. The number of aryl methyl sites for hydroxylation is 2. The van der Waals surface area contributed by atoms with E-state index in [1.807, 2.05) is 50.5 Å². The average molecular weight is 578 g/mol. The molecule has 11 heteroatoms. The highest BCUT2D eigenvalue weighted by molar-refractivity contribution is 8.14. The van der Waals surface area contributed by atoms with E-state index in [9.17, 15) is 14.4 Å². The van der Waals surface area contributed by atoms with Gasteiger partial charge in [-0.1, -0.05) is 36.9 Å². The molecule has 0 saturated heterocycles. The fraction of sp³-hybridized carbons (Fsp3) is 0.345. The van der Waals surface area contributed by atoms with Crippen LogP contribution >= 0.6 is 23.1 Å². The molecule has 2 aromatic heterocycles. The van der Waals surface area contributed by atoms with Gasteiger partial charge in [0.05, 0.1) is 29.3 Å². The van der Waals surface area contributed by atoms with Crippen LogP contribution in [0.1, 0.15) is 52.3 Å². The molecule has 5 rings (SSSR count). The molecule has 0 bridgehead atoms. The third kappa shape index (κ3) is 5.75. The van der Waals surface area contributed by atoms with E-state index in [2.05, 4.69) is 22.3 Å². The lowest BCUT2D eigenvalue weighted by Gasteiger charge is -2.18. The molecule has 40 heavy (non-hydrogen) atoms. The number of amides is 2. The van der Waals surface area contributed by atoms with Crippen molar-refractivity contribution >= 4 is 62.8 Å². The lowest BCUT2D eigenvalue weighted by atomic mass is 9.88. The molecular weight excluding hydrogens is 546 g/mol. The van der Waals surface area contributed by atoms with E-state index in [0.717, 1.165) is 41.0 Å². The van der Waals surface area contributed by atoms with Crippen LogP contribution in [0.4, 0.5) is 10.7 Å². The number of nitrogens with one attached hydrogen (secondary N) is 1. The molecule has 9 nitrogen and oxygen atoms in total. The number of thioether (sulfide) groups is 1. The molecule has 0 radical (unpaired) electrons. The summed E-state index contributed by atoms with van der Waals surface area (Å²) in [5.74, 6) is -0.428. The number of esters is 1. The highest BCUT2D eigenvalue weighted by Gasteiger charge is 2.33. The van der Waals surface area contributed by atoms with Crippen molar-refractivity contribution in [3.63, 3.8) is 0 Å². The number of benzene rings is 1. The minimum absolute atomic E-state index is 0.00980. The first-order chi connectivity index (χ1) is 19.2. The molecule has 1 N–H and O–H groups in total. The van der Waals surface area contributed by atoms with Crippen molar-refractivity contribution in [2.75, 3.05) is 22.6 Å². The Balaban J connectivity index is 1.38. The largest absolute Gasteiger partial charge is 0.462 e. The van der Waals surface area contributed by atoms with E-state index >= 15 is 0 Å². The van der Waals surface area contributed by atoms with Crippen LogP contribution in [0.15, 0.2) is 47.2 Å². The number of nitrogens with zero attached hydrogens (tertiary/aromatic N) is 4. The van der Waals surface area contributed by atoms with Crippen molar-refractivity contribution in [3.05, 3.63) is 69.5 Å². The Kier molecular flexibility index (Phi) is 8.22. The molecule has 3 aromatic rings. The molecule has 2 aliphatic rings. The van der Waals surface area contributed by atoms with E-state index in [-0.39, 0.29) is 29.9 Å². The minimum atomic E-state index is -0.404. The fourth-order valence-corrected chi connectivity index (χ4v) is 7.08. The van der Waals surface area contributed by atoms with Gasteiger partial charge >= 0.3 is 5.97 Å². The molecule has 1 aromatic carbocycles. The Morgan fingerprint density at radius 2 is 2.05 bits per heavy atom. The first-order valence-electron chi connectivity index (χ1n) is 13.2. The van der Waals surface area contributed by atoms with Gasteiger partial charge < -0.3 is 10.1 Å². The van der Waals surface area contributed by atoms with Crippen LogP contribution in [0.2, 0.25) is 0 Å². The Hall–Kier alpha value is -3.70. The van der Waals surface area contributed by atoms with Crippen LogP contribution < -0.4 is 10.2 Å². The molecule has 2 amide bonds. The maximum atomic E-state index is 13.4. The number of hydrogen-bond acceptors (Lipinski definition) is 8. The lowest BCUT2D eigenvalue weighted by Crippen LogP contribution is -2.31. The summed E-state index contributed by atoms with van der Waals surface area (Å²) >= 11 is 2.63. The van der Waals surface area contributed by atoms with Crippen LogP contribution in [-0.2, 0) is 34.2 Å². The highest BCUT2D eigenvalue weighted by atomic mass is 32.2. The molecule has 1 aliphatic carbocycles. The number of rotatable bonds is 7. The number of aromatic nitrogens is 2. The van der Waals surface area contributed by atoms with Gasteiger partial charge in [-0.05, 0) is 62.8 Å². The van der Waals surface area contributed by atoms with Crippen LogP contribution in [0, 0.1) is 12.8 Å². The molecule has 208 valence electrons. The first kappa shape index (κ1) is 27.9. The number of anilines is 2. The van der Waals surface area contributed by atoms with Crippen LogP contribution in [-0.4, -0.2) is 45.1 Å². The number of amidine groups is 1. The molecule has 0 saturated carbocycles. The van der Waals surface area contributed by atoms with E-state index in [1.54, 1.807) is 17.7 Å². The zero-order valence-corrected chi connectivity index (χ0v) is 24.5. The second-order valence-corrected chi connectivity index (χ2v) is 11.9. The van der Waals surface area contributed by atoms with Crippen molar-refractivity contribution in [1.29, 1.82) is 0 Å². The number of carbonyl (C=O) groups excluding carboxylic acids is 3. The van der Waals surface area contributed by atoms with Crippen LogP contribution in [0.25, 0.3) is 6.08 Å². The molecule has 1 unspecified atom stereocenters. The summed E-state index contributed by atoms with van der Waals surface area (Å²) < 4.78 is 7.01. The predicted octanol–water partition coefficient (Wildman–Crippen LogP) is 5.21. The second kappa shape index (κ2) is 11.8. The van der Waals surface area contributed by atoms with Crippen molar-refractivity contribution in [2.24, 2.45) is 18.0 Å². The smallest absolute Gasteiger partial charge is 0.341 e. The van der Waals surface area contributed by atoms with E-state index in [4.69, 9.17) is 4.74 Å². The average Bonchev–Trinajstić information content (AvgIpc) is 3.54. The van der Waals surface area contributed by atoms with Crippen molar-refractivity contribution in [3.8, 4) is 0 Å². The number of fused-ring (bicyclic) bond motifs is 1. The van der Waals surface area contributed by atoms with Gasteiger partial charge in [0.25, 0.3) is 5.91 Å². The third-order valence-corrected chi connectivity index (χ3v) is 8.87. The highest BCUT2D eigenvalue weighted by Crippen LogP contribution is 2.40. The van der Waals surface area contributed by atoms with E-state index < -0.39 is 5.97 Å². The number of ether oxygens (including phenoxy) is 1. The normalized spacial score (nSPS) is 17.6. The summed E-state index contributed by atoms with van der Waals surface area (Å²) in [6.45, 7) is 6.11. The quantitative estimate of drug-likeness (QED) is 0.305. The van der Waals surface area contributed by atoms with Crippen molar-refractivity contribution in [1.82, 2.24) is 9.78 Å². The monoisotopic (exact) mass is 577 g/mol. The summed E-state index contributed by atoms with van der Waals surface area (Å²) in [5, 5.41) is 8.22. The van der Waals surface area contributed by atoms with Gasteiger partial charge in [-0.15, -0.1) is 11.3 Å². The SMILES string of the molecule is CCOC(=O)c1c(NC(=O)CSC2=N/C(=C/c3cn(C)nc3C)C(=O)N2c2ccccc2)sc2c1CCC(C)C2. The number of thiophene rings is 1. The predicted molar refractivity (Wildman–Crippen MR) is 160 cm³/mol. The van der Waals surface area contributed by atoms with E-state index in [0.29, 0.717) is 27.3 Å². The third-order valence-electron chi connectivity index (χ3n) is 6.76. The Morgan fingerprint density at radius 3 is 2.75 bits per heavy atom. The van der Waals surface area contributed by atoms with Gasteiger partial charge in [-0.2, -0.15) is 5.10 Å². The molecule has 1 aliphatic heterocycles. The fourth-order valence-electron chi connectivity index (χ4n) is 4.86. The Bertz CT molecular complexity index is 1520. The van der Waals surface area contributed by atoms with Crippen molar-refractivity contribution in [2.45, 2.75) is 40.0 Å². The summed E-state index contributed by atoms with van der Waals surface area (Å²) in [4.78, 5) is 46.7. The van der Waals surface area contributed by atoms with Crippen LogP contribution in [0.3, 0.4) is 0 Å². The van der Waals surface area contributed by atoms with E-state index in [1.165, 1.54) is 28.0 Å². The topological polar surface area (TPSA) is 106 Å². The Morgan fingerprint density at radius 1 is 1.27 bits per heavy atom. The van der Waals surface area contributed by atoms with Gasteiger partial charge in [0.1, 0.15) is 10.7 Å². The lowest BCUT2D eigenvalue weighted by molar-refractivity contribution is -0.114. The Labute approximate surface area is 241 Å². The first-order valence-corrected chi connectivity index (χ1v) is 15.0. The number of para-hydroxylation sites is 1. The molecular formula is C29H31N5O4S2. The summed E-state index contributed by atoms with van der Waals surface area (Å²) in [7, 11) is 1.82. The van der Waals surface area contributed by atoms with Gasteiger partial charge in [0.2, 0.25) is 5.91 Å².